The number of hydrogen-bond donors (Lipinski definition) is 2. The summed E-state index contributed by atoms with van der Waals surface area (Å²) < 4.78 is 11.2. The van der Waals surface area contributed by atoms with Crippen LogP contribution in [0.5, 0.6) is 5.75 Å². The summed E-state index contributed by atoms with van der Waals surface area (Å²) in [4.78, 5) is 40.2. The van der Waals surface area contributed by atoms with Crippen molar-refractivity contribution in [2.45, 2.75) is 52.5 Å². The lowest BCUT2D eigenvalue weighted by Gasteiger charge is -2.32. The number of aryl methyl sites for hydroxylation is 3. The summed E-state index contributed by atoms with van der Waals surface area (Å²) in [7, 11) is 1.52. The van der Waals surface area contributed by atoms with Crippen molar-refractivity contribution < 1.29 is 19.1 Å². The molecule has 1 aliphatic heterocycles. The Kier molecular flexibility index (Phi) is 7.15. The maximum atomic E-state index is 13.5. The average molecular weight is 506 g/mol. The number of rotatable bonds is 8. The highest BCUT2D eigenvalue weighted by molar-refractivity contribution is 6.09. The fourth-order valence-electron chi connectivity index (χ4n) is 4.96. The summed E-state index contributed by atoms with van der Waals surface area (Å²) in [6.45, 7) is 7.78. The van der Waals surface area contributed by atoms with Crippen molar-refractivity contribution in [2.24, 2.45) is 5.92 Å². The maximum absolute atomic E-state index is 13.5. The van der Waals surface area contributed by atoms with Crippen LogP contribution >= 0.6 is 0 Å². The second-order valence-electron chi connectivity index (χ2n) is 10.3. The topological polar surface area (TPSA) is 109 Å². The first kappa shape index (κ1) is 25.2. The minimum absolute atomic E-state index is 0.00921. The summed E-state index contributed by atoms with van der Waals surface area (Å²) in [5.41, 5.74) is 5.37. The molecule has 2 fully saturated rings. The molecule has 0 spiro atoms. The van der Waals surface area contributed by atoms with Crippen LogP contribution in [0.3, 0.4) is 0 Å². The zero-order chi connectivity index (χ0) is 26.1. The van der Waals surface area contributed by atoms with Crippen LogP contribution in [0.15, 0.2) is 18.2 Å². The Bertz CT molecular complexity index is 1320. The Labute approximate surface area is 217 Å². The lowest BCUT2D eigenvalue weighted by atomic mass is 10.0. The third-order valence-corrected chi connectivity index (χ3v) is 7.18. The quantitative estimate of drug-likeness (QED) is 0.483. The largest absolute Gasteiger partial charge is 0.493 e. The van der Waals surface area contributed by atoms with E-state index in [1.807, 2.05) is 32.9 Å². The van der Waals surface area contributed by atoms with Gasteiger partial charge in [0.2, 0.25) is 5.91 Å². The van der Waals surface area contributed by atoms with Gasteiger partial charge in [-0.25, -0.2) is 9.97 Å². The number of amides is 2. The minimum atomic E-state index is -0.163. The van der Waals surface area contributed by atoms with Gasteiger partial charge in [-0.15, -0.1) is 0 Å². The number of aromatic amines is 1. The number of hydrogen-bond acceptors (Lipinski definition) is 6. The highest BCUT2D eigenvalue weighted by Gasteiger charge is 2.28. The van der Waals surface area contributed by atoms with Crippen LogP contribution in [0.4, 0.5) is 0 Å². The molecule has 1 saturated heterocycles. The number of likely N-dealkylation sites (tertiary alicyclic amines) is 1. The van der Waals surface area contributed by atoms with E-state index in [2.05, 4.69) is 21.4 Å². The molecule has 0 atom stereocenters. The van der Waals surface area contributed by atoms with Crippen molar-refractivity contribution in [3.8, 4) is 17.0 Å². The molecule has 2 amide bonds. The molecule has 3 aromatic rings. The predicted molar refractivity (Wildman–Crippen MR) is 141 cm³/mol. The maximum Gasteiger partial charge on any atom is 0.255 e. The first-order valence-corrected chi connectivity index (χ1v) is 13.0. The van der Waals surface area contributed by atoms with E-state index in [1.165, 1.54) is 20.0 Å². The van der Waals surface area contributed by atoms with Crippen LogP contribution in [0.1, 0.15) is 53.1 Å². The lowest BCUT2D eigenvalue weighted by Crippen LogP contribution is -2.47. The number of nitrogens with zero attached hydrogens (tertiary/aromatic N) is 3. The van der Waals surface area contributed by atoms with Gasteiger partial charge in [-0.3, -0.25) is 9.59 Å². The number of nitrogens with one attached hydrogen (secondary N) is 2. The highest BCUT2D eigenvalue weighted by atomic mass is 16.5. The summed E-state index contributed by atoms with van der Waals surface area (Å²) in [5.74, 6) is 1.84. The standard InChI is InChI=1S/C28H35N5O4/c1-16-5-8-22(37-14-19-6-7-19)21(13-16)25-27-26(31-18(3)30-25)24(17(2)29-27)28(35)32-20-9-11-33(12-10-20)23(34)15-36-4/h5,8,13,19-20,29H,6-7,9-12,14-15H2,1-4H3,(H,32,35). The van der Waals surface area contributed by atoms with Gasteiger partial charge in [0, 0.05) is 37.5 Å². The van der Waals surface area contributed by atoms with Gasteiger partial charge >= 0.3 is 0 Å². The molecule has 0 radical (unpaired) electrons. The van der Waals surface area contributed by atoms with Crippen LogP contribution in [-0.2, 0) is 9.53 Å². The van der Waals surface area contributed by atoms with Gasteiger partial charge in [-0.05, 0) is 64.5 Å². The molecule has 2 aromatic heterocycles. The Morgan fingerprint density at radius 2 is 1.86 bits per heavy atom. The normalized spacial score (nSPS) is 16.3. The summed E-state index contributed by atoms with van der Waals surface area (Å²) >= 11 is 0. The lowest BCUT2D eigenvalue weighted by molar-refractivity contribution is -0.136. The molecule has 5 rings (SSSR count). The molecule has 9 heteroatoms. The molecule has 2 aliphatic rings. The van der Waals surface area contributed by atoms with E-state index in [1.54, 1.807) is 4.90 Å². The van der Waals surface area contributed by atoms with E-state index in [0.717, 1.165) is 33.8 Å². The van der Waals surface area contributed by atoms with Crippen molar-refractivity contribution in [3.63, 3.8) is 0 Å². The fourth-order valence-corrected chi connectivity index (χ4v) is 4.96. The molecule has 0 unspecified atom stereocenters. The second-order valence-corrected chi connectivity index (χ2v) is 10.3. The number of methoxy groups -OCH3 is 1. The molecule has 3 heterocycles. The zero-order valence-corrected chi connectivity index (χ0v) is 22.0. The van der Waals surface area contributed by atoms with Crippen LogP contribution in [0, 0.1) is 26.7 Å². The molecule has 37 heavy (non-hydrogen) atoms. The molecular formula is C28H35N5O4. The monoisotopic (exact) mass is 505 g/mol. The third kappa shape index (κ3) is 5.46. The van der Waals surface area contributed by atoms with E-state index in [0.29, 0.717) is 55.4 Å². The number of carbonyl (C=O) groups is 2. The minimum Gasteiger partial charge on any atom is -0.493 e. The summed E-state index contributed by atoms with van der Waals surface area (Å²) in [6, 6.07) is 6.12. The number of carbonyl (C=O) groups excluding carboxylic acids is 2. The molecular weight excluding hydrogens is 470 g/mol. The van der Waals surface area contributed by atoms with Gasteiger partial charge in [-0.1, -0.05) is 11.6 Å². The Morgan fingerprint density at radius 1 is 1.11 bits per heavy atom. The average Bonchev–Trinajstić information content (AvgIpc) is 3.64. The zero-order valence-electron chi connectivity index (χ0n) is 22.0. The van der Waals surface area contributed by atoms with Gasteiger partial charge in [0.15, 0.2) is 0 Å². The van der Waals surface area contributed by atoms with Gasteiger partial charge in [0.25, 0.3) is 5.91 Å². The molecule has 1 aromatic carbocycles. The van der Waals surface area contributed by atoms with Gasteiger partial charge in [0.1, 0.15) is 29.4 Å². The van der Waals surface area contributed by atoms with Crippen molar-refractivity contribution in [1.29, 1.82) is 0 Å². The molecule has 196 valence electrons. The predicted octanol–water partition coefficient (Wildman–Crippen LogP) is 3.71. The molecule has 1 aliphatic carbocycles. The highest BCUT2D eigenvalue weighted by Crippen LogP contribution is 2.37. The first-order chi connectivity index (χ1) is 17.8. The molecule has 1 saturated carbocycles. The van der Waals surface area contributed by atoms with Crippen molar-refractivity contribution >= 4 is 22.8 Å². The number of H-pyrrole nitrogens is 1. The molecule has 2 N–H and O–H groups in total. The van der Waals surface area contributed by atoms with Gasteiger partial charge < -0.3 is 24.7 Å². The number of ether oxygens (including phenoxy) is 2. The van der Waals surface area contributed by atoms with Gasteiger partial charge in [-0.2, -0.15) is 0 Å². The number of fused-ring (bicyclic) bond motifs is 1. The molecule has 0 bridgehead atoms. The Morgan fingerprint density at radius 3 is 2.57 bits per heavy atom. The smallest absolute Gasteiger partial charge is 0.255 e. The van der Waals surface area contributed by atoms with Gasteiger partial charge in [0.05, 0.1) is 17.7 Å². The number of piperidine rings is 1. The van der Waals surface area contributed by atoms with E-state index >= 15 is 0 Å². The van der Waals surface area contributed by atoms with Crippen LogP contribution in [0.2, 0.25) is 0 Å². The summed E-state index contributed by atoms with van der Waals surface area (Å²) in [6.07, 6.45) is 3.84. The summed E-state index contributed by atoms with van der Waals surface area (Å²) in [5, 5.41) is 3.17. The Balaban J connectivity index is 1.41. The third-order valence-electron chi connectivity index (χ3n) is 7.18. The van der Waals surface area contributed by atoms with Crippen LogP contribution in [-0.4, -0.2) is 71.1 Å². The van der Waals surface area contributed by atoms with E-state index < -0.39 is 0 Å². The Hall–Kier alpha value is -3.46. The van der Waals surface area contributed by atoms with Crippen molar-refractivity contribution in [2.75, 3.05) is 33.4 Å². The second kappa shape index (κ2) is 10.5. The first-order valence-electron chi connectivity index (χ1n) is 13.0. The van der Waals surface area contributed by atoms with Crippen LogP contribution < -0.4 is 10.1 Å². The van der Waals surface area contributed by atoms with E-state index in [9.17, 15) is 9.59 Å². The van der Waals surface area contributed by atoms with Crippen molar-refractivity contribution in [1.82, 2.24) is 25.2 Å². The fraction of sp³-hybridized carbons (Fsp3) is 0.500. The van der Waals surface area contributed by atoms with Crippen molar-refractivity contribution in [3.05, 3.63) is 40.8 Å². The van der Waals surface area contributed by atoms with Crippen LogP contribution in [0.25, 0.3) is 22.3 Å². The van der Waals surface area contributed by atoms with E-state index in [-0.39, 0.29) is 24.5 Å². The molecule has 9 nitrogen and oxygen atoms in total. The number of benzene rings is 1. The number of aromatic nitrogens is 3. The van der Waals surface area contributed by atoms with E-state index in [4.69, 9.17) is 14.5 Å². The SMILES string of the molecule is COCC(=O)N1CCC(NC(=O)c2c(C)[nH]c3c(-c4cc(C)ccc4OCC4CC4)nc(C)nc23)CC1.